The van der Waals surface area contributed by atoms with E-state index < -0.39 is 5.97 Å². The maximum absolute atomic E-state index is 11.2. The number of rotatable bonds is 3. The summed E-state index contributed by atoms with van der Waals surface area (Å²) in [7, 11) is 0. The summed E-state index contributed by atoms with van der Waals surface area (Å²) in [5.74, 6) is -1.15. The van der Waals surface area contributed by atoms with E-state index in [9.17, 15) is 4.79 Å². The number of nitrogens with zero attached hydrogens (tertiary/aromatic N) is 2. The Balaban J connectivity index is 0.00000180. The van der Waals surface area contributed by atoms with Gasteiger partial charge in [-0.05, 0) is 24.1 Å². The van der Waals surface area contributed by atoms with Crippen LogP contribution in [0.1, 0.15) is 29.0 Å². The summed E-state index contributed by atoms with van der Waals surface area (Å²) in [6.07, 6.45) is 0. The van der Waals surface area contributed by atoms with Crippen LogP contribution in [-0.4, -0.2) is 20.6 Å². The van der Waals surface area contributed by atoms with E-state index in [1.807, 2.05) is 37.3 Å². The van der Waals surface area contributed by atoms with Gasteiger partial charge in [-0.1, -0.05) is 41.9 Å². The van der Waals surface area contributed by atoms with E-state index in [0.29, 0.717) is 0 Å². The molecule has 1 aromatic heterocycles. The average molecular weight is 393 g/mol. The first kappa shape index (κ1) is 16.3. The molecule has 1 N–H and O–H groups in total. The first-order valence-corrected chi connectivity index (χ1v) is 5.99. The molecule has 2 aromatic rings. The monoisotopic (exact) mass is 391 g/mol. The first-order valence-electron chi connectivity index (χ1n) is 5.24. The fourth-order valence-electron chi connectivity index (χ4n) is 1.80. The van der Waals surface area contributed by atoms with Crippen molar-refractivity contribution in [2.75, 3.05) is 0 Å². The second-order valence-corrected chi connectivity index (χ2v) is 4.48. The van der Waals surface area contributed by atoms with Gasteiger partial charge in [-0.3, -0.25) is 0 Å². The summed E-state index contributed by atoms with van der Waals surface area (Å²) >= 11 is 11.7. The summed E-state index contributed by atoms with van der Waals surface area (Å²) in [5, 5.41) is 9.11. The van der Waals surface area contributed by atoms with Crippen LogP contribution in [0.5, 0.6) is 0 Å². The molecule has 105 valence electrons. The average Bonchev–Trinajstić information content (AvgIpc) is 2.64. The van der Waals surface area contributed by atoms with Gasteiger partial charge in [-0.15, -0.1) is 0 Å². The van der Waals surface area contributed by atoms with Gasteiger partial charge in [0.2, 0.25) is 5.28 Å². The molecule has 0 amide bonds. The van der Waals surface area contributed by atoms with Crippen LogP contribution in [0.4, 0.5) is 0 Å². The number of aromatic nitrogens is 2. The molecule has 1 aromatic carbocycles. The molecule has 0 unspecified atom stereocenters. The zero-order valence-electron chi connectivity index (χ0n) is 9.77. The van der Waals surface area contributed by atoms with Crippen molar-refractivity contribution in [3.63, 3.8) is 0 Å². The Kier molecular flexibility index (Phi) is 5.64. The van der Waals surface area contributed by atoms with E-state index in [4.69, 9.17) is 28.3 Å². The first-order chi connectivity index (χ1) is 8.52. The molecule has 0 saturated heterocycles. The van der Waals surface area contributed by atoms with Crippen LogP contribution in [0, 0.1) is 0 Å². The molecule has 19 heavy (non-hydrogen) atoms. The molecule has 0 aliphatic carbocycles. The van der Waals surface area contributed by atoms with Crippen molar-refractivity contribution < 1.29 is 32.3 Å². The Morgan fingerprint density at radius 2 is 1.89 bits per heavy atom. The van der Waals surface area contributed by atoms with E-state index in [1.54, 1.807) is 0 Å². The van der Waals surface area contributed by atoms with E-state index in [-0.39, 0.29) is 44.6 Å². The van der Waals surface area contributed by atoms with Crippen LogP contribution in [0.25, 0.3) is 0 Å². The normalized spacial score (nSPS) is 11.7. The van der Waals surface area contributed by atoms with Gasteiger partial charge in [0.25, 0.3) is 0 Å². The molecule has 0 saturated carbocycles. The molecule has 4 nitrogen and oxygen atoms in total. The fourth-order valence-corrected chi connectivity index (χ4v) is 2.42. The number of halogens is 2. The molecule has 1 atom stereocenters. The number of carboxylic acids is 1. The Hall–Kier alpha value is -0.780. The Bertz CT molecular complexity index is 587. The van der Waals surface area contributed by atoms with Crippen molar-refractivity contribution in [2.24, 2.45) is 0 Å². The van der Waals surface area contributed by atoms with Crippen molar-refractivity contribution in [3.05, 3.63) is 52.0 Å². The minimum atomic E-state index is -1.15. The Labute approximate surface area is 135 Å². The SMILES string of the molecule is C[C@H](c1ccccc1)n1c(Cl)nc(Cl)c1C(=O)O.[Ag]. The summed E-state index contributed by atoms with van der Waals surface area (Å²) in [5.41, 5.74) is 0.828. The van der Waals surface area contributed by atoms with E-state index in [1.165, 1.54) is 4.57 Å². The maximum Gasteiger partial charge on any atom is 0.355 e. The number of hydrogen-bond acceptors (Lipinski definition) is 2. The second-order valence-electron chi connectivity index (χ2n) is 3.78. The number of carbonyl (C=O) groups is 1. The molecular weight excluding hydrogens is 383 g/mol. The van der Waals surface area contributed by atoms with Crippen molar-refractivity contribution >= 4 is 29.2 Å². The van der Waals surface area contributed by atoms with Gasteiger partial charge in [-0.25, -0.2) is 9.78 Å². The van der Waals surface area contributed by atoms with Gasteiger partial charge < -0.3 is 9.67 Å². The quantitative estimate of drug-likeness (QED) is 0.813. The van der Waals surface area contributed by atoms with Crippen LogP contribution in [0.15, 0.2) is 30.3 Å². The molecule has 0 fully saturated rings. The second kappa shape index (κ2) is 6.59. The summed E-state index contributed by atoms with van der Waals surface area (Å²) < 4.78 is 1.40. The standard InChI is InChI=1S/C12H10Cl2N2O2.Ag/c1-7(8-5-3-2-4-6-8)16-9(11(17)18)10(13)15-12(16)14;/h2-7H,1H3,(H,17,18);/t7-;/m1./s1. The number of imidazole rings is 1. The van der Waals surface area contributed by atoms with Crippen molar-refractivity contribution in [2.45, 2.75) is 13.0 Å². The topological polar surface area (TPSA) is 55.1 Å². The number of hydrogen-bond donors (Lipinski definition) is 1. The molecule has 0 aliphatic heterocycles. The number of aromatic carboxylic acids is 1. The molecule has 1 radical (unpaired) electrons. The maximum atomic E-state index is 11.2. The van der Waals surface area contributed by atoms with E-state index in [0.717, 1.165) is 5.56 Å². The molecule has 7 heteroatoms. The van der Waals surface area contributed by atoms with Crippen LogP contribution >= 0.6 is 23.2 Å². The molecule has 0 bridgehead atoms. The van der Waals surface area contributed by atoms with Crippen LogP contribution in [-0.2, 0) is 22.4 Å². The third-order valence-electron chi connectivity index (χ3n) is 2.70. The van der Waals surface area contributed by atoms with Gasteiger partial charge in [-0.2, -0.15) is 0 Å². The molecular formula is C12H10AgCl2N2O2. The summed E-state index contributed by atoms with van der Waals surface area (Å²) in [6.45, 7) is 1.84. The largest absolute Gasteiger partial charge is 0.476 e. The summed E-state index contributed by atoms with van der Waals surface area (Å²) in [4.78, 5) is 15.0. The molecule has 2 rings (SSSR count). The minimum absolute atomic E-state index is 0. The van der Waals surface area contributed by atoms with Crippen LogP contribution < -0.4 is 0 Å². The zero-order valence-corrected chi connectivity index (χ0v) is 12.8. The smallest absolute Gasteiger partial charge is 0.355 e. The van der Waals surface area contributed by atoms with Gasteiger partial charge in [0.1, 0.15) is 0 Å². The van der Waals surface area contributed by atoms with E-state index >= 15 is 0 Å². The van der Waals surface area contributed by atoms with Crippen molar-refractivity contribution in [3.8, 4) is 0 Å². The predicted octanol–water partition coefficient (Wildman–Crippen LogP) is 3.49. The third-order valence-corrected chi connectivity index (χ3v) is 3.23. The Morgan fingerprint density at radius 3 is 2.42 bits per heavy atom. The summed E-state index contributed by atoms with van der Waals surface area (Å²) in [6, 6.07) is 9.15. The number of benzene rings is 1. The van der Waals surface area contributed by atoms with E-state index in [2.05, 4.69) is 4.98 Å². The molecule has 1 heterocycles. The fraction of sp³-hybridized carbons (Fsp3) is 0.167. The van der Waals surface area contributed by atoms with Crippen LogP contribution in [0.2, 0.25) is 10.4 Å². The molecule has 0 spiro atoms. The van der Waals surface area contributed by atoms with Crippen molar-refractivity contribution in [1.82, 2.24) is 9.55 Å². The van der Waals surface area contributed by atoms with Gasteiger partial charge in [0.05, 0.1) is 6.04 Å². The minimum Gasteiger partial charge on any atom is -0.476 e. The zero-order chi connectivity index (χ0) is 13.3. The van der Waals surface area contributed by atoms with Gasteiger partial charge >= 0.3 is 5.97 Å². The van der Waals surface area contributed by atoms with Crippen molar-refractivity contribution in [1.29, 1.82) is 0 Å². The Morgan fingerprint density at radius 1 is 1.32 bits per heavy atom. The van der Waals surface area contributed by atoms with Gasteiger partial charge in [0.15, 0.2) is 10.8 Å². The number of carboxylic acid groups (broad SMARTS) is 1. The molecule has 0 aliphatic rings. The van der Waals surface area contributed by atoms with Crippen LogP contribution in [0.3, 0.4) is 0 Å². The van der Waals surface area contributed by atoms with Gasteiger partial charge in [0, 0.05) is 22.4 Å². The third kappa shape index (κ3) is 3.22. The predicted molar refractivity (Wildman–Crippen MR) is 69.5 cm³/mol.